The number of hydrogen-bond donors (Lipinski definition) is 1. The van der Waals surface area contributed by atoms with Crippen molar-refractivity contribution < 1.29 is 0 Å². The van der Waals surface area contributed by atoms with E-state index in [4.69, 9.17) is 0 Å². The first-order valence-electron chi connectivity index (χ1n) is 6.07. The van der Waals surface area contributed by atoms with Crippen LogP contribution in [0.1, 0.15) is 5.56 Å². The predicted octanol–water partition coefficient (Wildman–Crippen LogP) is 2.41. The van der Waals surface area contributed by atoms with Crippen molar-refractivity contribution in [3.05, 3.63) is 47.0 Å². The molecular formula is C14H19BrN2. The van der Waals surface area contributed by atoms with Gasteiger partial charge in [-0.05, 0) is 12.0 Å². The highest BCUT2D eigenvalue weighted by Gasteiger charge is 2.19. The summed E-state index contributed by atoms with van der Waals surface area (Å²) >= 11 is 3.44. The first kappa shape index (κ1) is 12.8. The highest BCUT2D eigenvalue weighted by molar-refractivity contribution is 9.11. The van der Waals surface area contributed by atoms with Gasteiger partial charge in [-0.25, -0.2) is 0 Å². The second kappa shape index (κ2) is 6.34. The van der Waals surface area contributed by atoms with Crippen LogP contribution in [0.4, 0.5) is 0 Å². The maximum Gasteiger partial charge on any atom is 0.0295 e. The van der Waals surface area contributed by atoms with Gasteiger partial charge in [-0.15, -0.1) is 0 Å². The van der Waals surface area contributed by atoms with Crippen LogP contribution in [-0.2, 0) is 6.42 Å². The van der Waals surface area contributed by atoms with Crippen LogP contribution < -0.4 is 5.32 Å². The van der Waals surface area contributed by atoms with Crippen molar-refractivity contribution >= 4 is 15.9 Å². The Bertz CT molecular complexity index is 364. The summed E-state index contributed by atoms with van der Waals surface area (Å²) < 4.78 is 1.07. The van der Waals surface area contributed by atoms with E-state index in [-0.39, 0.29) is 0 Å². The Hall–Kier alpha value is -0.640. The summed E-state index contributed by atoms with van der Waals surface area (Å²) in [6.07, 6.45) is 1.10. The van der Waals surface area contributed by atoms with E-state index in [2.05, 4.69) is 63.1 Å². The monoisotopic (exact) mass is 294 g/mol. The zero-order valence-corrected chi connectivity index (χ0v) is 11.6. The number of nitrogens with zero attached hydrogens (tertiary/aromatic N) is 1. The molecule has 0 radical (unpaired) electrons. The number of nitrogens with one attached hydrogen (secondary N) is 1. The Kier molecular flexibility index (Phi) is 4.77. The lowest BCUT2D eigenvalue weighted by Crippen LogP contribution is -2.51. The van der Waals surface area contributed by atoms with E-state index in [9.17, 15) is 0 Å². The van der Waals surface area contributed by atoms with E-state index in [1.54, 1.807) is 0 Å². The second-order valence-corrected chi connectivity index (χ2v) is 5.71. The molecule has 1 aliphatic rings. The molecule has 1 aliphatic heterocycles. The molecule has 0 spiro atoms. The van der Waals surface area contributed by atoms with E-state index in [0.29, 0.717) is 6.04 Å². The molecule has 3 heteroatoms. The normalized spacial score (nSPS) is 21.4. The summed E-state index contributed by atoms with van der Waals surface area (Å²) in [6, 6.07) is 11.2. The molecule has 1 aromatic carbocycles. The lowest BCUT2D eigenvalue weighted by atomic mass is 10.0. The van der Waals surface area contributed by atoms with Gasteiger partial charge in [0.15, 0.2) is 0 Å². The smallest absolute Gasteiger partial charge is 0.0295 e. The highest BCUT2D eigenvalue weighted by atomic mass is 79.9. The molecule has 0 bridgehead atoms. The van der Waals surface area contributed by atoms with Crippen molar-refractivity contribution in [2.24, 2.45) is 0 Å². The number of piperazine rings is 1. The third-order valence-corrected chi connectivity index (χ3v) is 3.31. The van der Waals surface area contributed by atoms with Gasteiger partial charge in [-0.3, -0.25) is 4.90 Å². The Balaban J connectivity index is 1.87. The lowest BCUT2D eigenvalue weighted by Gasteiger charge is -2.33. The van der Waals surface area contributed by atoms with Gasteiger partial charge in [0.2, 0.25) is 0 Å². The first-order chi connectivity index (χ1) is 8.24. The molecule has 2 rings (SSSR count). The molecule has 0 saturated carbocycles. The van der Waals surface area contributed by atoms with Crippen LogP contribution in [0.2, 0.25) is 0 Å². The van der Waals surface area contributed by atoms with E-state index in [1.165, 1.54) is 5.56 Å². The summed E-state index contributed by atoms with van der Waals surface area (Å²) in [5.74, 6) is 0. The number of rotatable bonds is 4. The van der Waals surface area contributed by atoms with Crippen LogP contribution in [0.25, 0.3) is 0 Å². The van der Waals surface area contributed by atoms with Gasteiger partial charge < -0.3 is 5.32 Å². The molecular weight excluding hydrogens is 276 g/mol. The molecule has 2 nitrogen and oxygen atoms in total. The fourth-order valence-corrected chi connectivity index (χ4v) is 2.67. The van der Waals surface area contributed by atoms with Crippen LogP contribution in [0.3, 0.4) is 0 Å². The fraction of sp³-hybridized carbons (Fsp3) is 0.429. The Morgan fingerprint density at radius 3 is 2.88 bits per heavy atom. The second-order valence-electron chi connectivity index (χ2n) is 4.59. The van der Waals surface area contributed by atoms with Gasteiger partial charge in [0.1, 0.15) is 0 Å². The number of benzene rings is 1. The van der Waals surface area contributed by atoms with E-state index in [0.717, 1.165) is 37.1 Å². The molecule has 1 fully saturated rings. The lowest BCUT2D eigenvalue weighted by molar-refractivity contribution is 0.216. The van der Waals surface area contributed by atoms with Crippen LogP contribution in [0.15, 0.2) is 41.4 Å². The standard InChI is InChI=1S/C14H19BrN2/c1-12(15)10-17-8-7-16-14(11-17)9-13-5-3-2-4-6-13/h2-6,14,16H,1,7-11H2. The highest BCUT2D eigenvalue weighted by Crippen LogP contribution is 2.10. The summed E-state index contributed by atoms with van der Waals surface area (Å²) in [4.78, 5) is 2.45. The first-order valence-corrected chi connectivity index (χ1v) is 6.86. The molecule has 0 aliphatic carbocycles. The van der Waals surface area contributed by atoms with Gasteiger partial charge in [0, 0.05) is 36.7 Å². The van der Waals surface area contributed by atoms with E-state index >= 15 is 0 Å². The van der Waals surface area contributed by atoms with Crippen LogP contribution in [0, 0.1) is 0 Å². The van der Waals surface area contributed by atoms with Crippen molar-refractivity contribution in [1.29, 1.82) is 0 Å². The van der Waals surface area contributed by atoms with Crippen molar-refractivity contribution in [1.82, 2.24) is 10.2 Å². The molecule has 1 N–H and O–H groups in total. The maximum absolute atomic E-state index is 3.91. The van der Waals surface area contributed by atoms with Crippen molar-refractivity contribution in [3.8, 4) is 0 Å². The maximum atomic E-state index is 3.91. The number of hydrogen-bond acceptors (Lipinski definition) is 2. The van der Waals surface area contributed by atoms with E-state index < -0.39 is 0 Å². The van der Waals surface area contributed by atoms with Crippen LogP contribution >= 0.6 is 15.9 Å². The molecule has 1 aromatic rings. The summed E-state index contributed by atoms with van der Waals surface area (Å²) in [6.45, 7) is 8.14. The topological polar surface area (TPSA) is 15.3 Å². The fourth-order valence-electron chi connectivity index (χ4n) is 2.32. The largest absolute Gasteiger partial charge is 0.311 e. The average Bonchev–Trinajstić information content (AvgIpc) is 2.30. The number of halogens is 1. The zero-order chi connectivity index (χ0) is 12.1. The summed E-state index contributed by atoms with van der Waals surface area (Å²) in [7, 11) is 0. The minimum Gasteiger partial charge on any atom is -0.311 e. The van der Waals surface area contributed by atoms with Gasteiger partial charge in [-0.1, -0.05) is 52.8 Å². The Morgan fingerprint density at radius 2 is 2.18 bits per heavy atom. The molecule has 17 heavy (non-hydrogen) atoms. The minimum absolute atomic E-state index is 0.554. The third kappa shape index (κ3) is 4.26. The molecule has 1 heterocycles. The minimum atomic E-state index is 0.554. The Morgan fingerprint density at radius 1 is 1.41 bits per heavy atom. The van der Waals surface area contributed by atoms with Crippen molar-refractivity contribution in [2.45, 2.75) is 12.5 Å². The van der Waals surface area contributed by atoms with Gasteiger partial charge in [0.25, 0.3) is 0 Å². The van der Waals surface area contributed by atoms with Gasteiger partial charge >= 0.3 is 0 Å². The quantitative estimate of drug-likeness (QED) is 0.917. The zero-order valence-electron chi connectivity index (χ0n) is 10.0. The molecule has 1 unspecified atom stereocenters. The SMILES string of the molecule is C=C(Br)CN1CCNC(Cc2ccccc2)C1. The van der Waals surface area contributed by atoms with Crippen LogP contribution in [-0.4, -0.2) is 37.1 Å². The summed E-state index contributed by atoms with van der Waals surface area (Å²) in [5.41, 5.74) is 1.41. The predicted molar refractivity (Wildman–Crippen MR) is 76.4 cm³/mol. The Labute approximate surface area is 112 Å². The molecule has 0 amide bonds. The molecule has 0 aromatic heterocycles. The molecule has 1 saturated heterocycles. The van der Waals surface area contributed by atoms with Gasteiger partial charge in [-0.2, -0.15) is 0 Å². The average molecular weight is 295 g/mol. The summed E-state index contributed by atoms with van der Waals surface area (Å²) in [5, 5.41) is 3.58. The van der Waals surface area contributed by atoms with E-state index in [1.807, 2.05) is 0 Å². The van der Waals surface area contributed by atoms with Gasteiger partial charge in [0.05, 0.1) is 0 Å². The van der Waals surface area contributed by atoms with Crippen molar-refractivity contribution in [2.75, 3.05) is 26.2 Å². The molecule has 1 atom stereocenters. The van der Waals surface area contributed by atoms with Crippen LogP contribution in [0.5, 0.6) is 0 Å². The molecule has 92 valence electrons. The third-order valence-electron chi connectivity index (χ3n) is 3.06. The van der Waals surface area contributed by atoms with Crippen molar-refractivity contribution in [3.63, 3.8) is 0 Å².